The Morgan fingerprint density at radius 2 is 1.65 bits per heavy atom. The van der Waals surface area contributed by atoms with E-state index in [4.69, 9.17) is 23.2 Å². The van der Waals surface area contributed by atoms with Crippen molar-refractivity contribution in [1.29, 1.82) is 5.26 Å². The summed E-state index contributed by atoms with van der Waals surface area (Å²) in [5.41, 5.74) is 0.680. The van der Waals surface area contributed by atoms with Crippen LogP contribution in [-0.2, 0) is 0 Å². The van der Waals surface area contributed by atoms with E-state index in [1.807, 2.05) is 30.3 Å². The molecule has 1 heterocycles. The molecule has 136 valence electrons. The second-order valence-corrected chi connectivity index (χ2v) is 9.99. The lowest BCUT2D eigenvalue weighted by atomic mass is 9.94. The van der Waals surface area contributed by atoms with E-state index in [1.54, 1.807) is 29.8 Å². The van der Waals surface area contributed by atoms with Crippen molar-refractivity contribution < 1.29 is 0 Å². The Morgan fingerprint density at radius 3 is 2.27 bits per heavy atom. The van der Waals surface area contributed by atoms with Crippen molar-refractivity contribution in [2.45, 2.75) is 35.0 Å². The zero-order valence-corrected chi connectivity index (χ0v) is 17.9. The van der Waals surface area contributed by atoms with Crippen molar-refractivity contribution in [3.05, 3.63) is 52.0 Å². The van der Waals surface area contributed by atoms with Crippen LogP contribution in [0.15, 0.2) is 51.1 Å². The van der Waals surface area contributed by atoms with Crippen LogP contribution in [0, 0.1) is 23.2 Å². The number of benzene rings is 2. The second kappa shape index (κ2) is 8.91. The van der Waals surface area contributed by atoms with Crippen molar-refractivity contribution in [3.8, 4) is 6.07 Å². The van der Waals surface area contributed by atoms with E-state index >= 15 is 0 Å². The number of nitrogens with zero attached hydrogens (tertiary/aromatic N) is 2. The van der Waals surface area contributed by atoms with Gasteiger partial charge in [0.05, 0.1) is 11.6 Å². The highest BCUT2D eigenvalue weighted by molar-refractivity contribution is 8.01. The van der Waals surface area contributed by atoms with Crippen molar-refractivity contribution in [3.63, 3.8) is 0 Å². The Balaban J connectivity index is 1.86. The topological polar surface area (TPSA) is 27.0 Å². The third-order valence-electron chi connectivity index (χ3n) is 4.20. The molecule has 2 atom stereocenters. The average Bonchev–Trinajstić information content (AvgIpc) is 2.54. The van der Waals surface area contributed by atoms with Crippen LogP contribution in [0.4, 0.5) is 0 Å². The predicted octanol–water partition coefficient (Wildman–Crippen LogP) is 7.00. The van der Waals surface area contributed by atoms with Gasteiger partial charge in [0, 0.05) is 37.8 Å². The Morgan fingerprint density at radius 1 is 1.00 bits per heavy atom. The van der Waals surface area contributed by atoms with Crippen LogP contribution < -0.4 is 0 Å². The largest absolute Gasteiger partial charge is 0.246 e. The third kappa shape index (κ3) is 5.34. The number of hydrogen-bond donors (Lipinski definition) is 0. The molecule has 0 saturated carbocycles. The van der Waals surface area contributed by atoms with Gasteiger partial charge in [0.1, 0.15) is 0 Å². The molecule has 2 unspecified atom stereocenters. The second-order valence-electron chi connectivity index (χ2n) is 6.86. The van der Waals surface area contributed by atoms with E-state index in [0.717, 1.165) is 27.8 Å². The van der Waals surface area contributed by atoms with Gasteiger partial charge in [0.25, 0.3) is 0 Å². The number of nitriles is 1. The van der Waals surface area contributed by atoms with E-state index < -0.39 is 0 Å². The standard InChI is InChI=1S/C20H20Cl2N2S2/c1-13-5-14(2)12-24(11-13)26-20-6-15(10-23)3-4-19(20)25-18-8-16(21)7-17(22)9-18/h3-4,6-9,13-14H,5,11-12H2,1-2H3. The van der Waals surface area contributed by atoms with Gasteiger partial charge in [0.15, 0.2) is 0 Å². The summed E-state index contributed by atoms with van der Waals surface area (Å²) in [6.45, 7) is 6.74. The van der Waals surface area contributed by atoms with Gasteiger partial charge in [-0.15, -0.1) is 0 Å². The molecule has 1 aliphatic heterocycles. The van der Waals surface area contributed by atoms with Gasteiger partial charge < -0.3 is 0 Å². The maximum Gasteiger partial charge on any atom is 0.0992 e. The summed E-state index contributed by atoms with van der Waals surface area (Å²) in [6, 6.07) is 13.7. The van der Waals surface area contributed by atoms with Crippen LogP contribution in [0.3, 0.4) is 0 Å². The zero-order chi connectivity index (χ0) is 18.7. The SMILES string of the molecule is CC1CC(C)CN(Sc2cc(C#N)ccc2Sc2cc(Cl)cc(Cl)c2)C1. The lowest BCUT2D eigenvalue weighted by Crippen LogP contribution is -2.33. The Bertz CT molecular complexity index is 805. The van der Waals surface area contributed by atoms with E-state index in [-0.39, 0.29) is 0 Å². The van der Waals surface area contributed by atoms with Crippen LogP contribution >= 0.6 is 46.9 Å². The maximum atomic E-state index is 9.29. The molecule has 1 fully saturated rings. The summed E-state index contributed by atoms with van der Waals surface area (Å²) in [5.74, 6) is 1.38. The molecule has 6 heteroatoms. The minimum atomic E-state index is 0.626. The molecule has 1 aliphatic rings. The molecule has 1 saturated heterocycles. The van der Waals surface area contributed by atoms with Crippen LogP contribution in [0.1, 0.15) is 25.8 Å². The molecule has 0 amide bonds. The van der Waals surface area contributed by atoms with Crippen LogP contribution in [0.2, 0.25) is 10.0 Å². The fourth-order valence-electron chi connectivity index (χ4n) is 3.27. The van der Waals surface area contributed by atoms with Crippen molar-refractivity contribution >= 4 is 46.9 Å². The van der Waals surface area contributed by atoms with E-state index in [1.165, 1.54) is 6.42 Å². The molecular formula is C20H20Cl2N2S2. The number of hydrogen-bond acceptors (Lipinski definition) is 4. The summed E-state index contributed by atoms with van der Waals surface area (Å²) >= 11 is 15.7. The van der Waals surface area contributed by atoms with Crippen molar-refractivity contribution in [2.24, 2.45) is 11.8 Å². The van der Waals surface area contributed by atoms with Gasteiger partial charge in [-0.3, -0.25) is 0 Å². The molecule has 0 radical (unpaired) electrons. The summed E-state index contributed by atoms with van der Waals surface area (Å²) in [6.07, 6.45) is 1.28. The molecule has 26 heavy (non-hydrogen) atoms. The highest BCUT2D eigenvalue weighted by Gasteiger charge is 2.23. The first-order chi connectivity index (χ1) is 12.4. The minimum Gasteiger partial charge on any atom is -0.246 e. The van der Waals surface area contributed by atoms with E-state index in [9.17, 15) is 5.26 Å². The van der Waals surface area contributed by atoms with Gasteiger partial charge >= 0.3 is 0 Å². The molecule has 3 rings (SSSR count). The molecule has 0 spiro atoms. The van der Waals surface area contributed by atoms with Crippen LogP contribution in [-0.4, -0.2) is 17.4 Å². The lowest BCUT2D eigenvalue weighted by molar-refractivity contribution is 0.237. The smallest absolute Gasteiger partial charge is 0.0992 e. The number of rotatable bonds is 4. The Hall–Kier alpha value is -0.830. The van der Waals surface area contributed by atoms with Gasteiger partial charge in [0.2, 0.25) is 0 Å². The molecular weight excluding hydrogens is 403 g/mol. The van der Waals surface area contributed by atoms with Crippen molar-refractivity contribution in [1.82, 2.24) is 4.31 Å². The van der Waals surface area contributed by atoms with Crippen molar-refractivity contribution in [2.75, 3.05) is 13.1 Å². The van der Waals surface area contributed by atoms with E-state index in [0.29, 0.717) is 27.4 Å². The van der Waals surface area contributed by atoms with Crippen LogP contribution in [0.25, 0.3) is 0 Å². The summed E-state index contributed by atoms with van der Waals surface area (Å²) in [5, 5.41) is 10.5. The van der Waals surface area contributed by atoms with E-state index in [2.05, 4.69) is 24.2 Å². The first kappa shape index (κ1) is 19.9. The molecule has 0 aliphatic carbocycles. The minimum absolute atomic E-state index is 0.626. The Kier molecular flexibility index (Phi) is 6.82. The summed E-state index contributed by atoms with van der Waals surface area (Å²) in [7, 11) is 0. The summed E-state index contributed by atoms with van der Waals surface area (Å²) < 4.78 is 2.42. The van der Waals surface area contributed by atoms with Gasteiger partial charge in [-0.05, 0) is 66.6 Å². The molecule has 0 bridgehead atoms. The normalized spacial score (nSPS) is 20.7. The fraction of sp³-hybridized carbons (Fsp3) is 0.350. The first-order valence-electron chi connectivity index (χ1n) is 8.54. The predicted molar refractivity (Wildman–Crippen MR) is 112 cm³/mol. The molecule has 0 N–H and O–H groups in total. The highest BCUT2D eigenvalue weighted by atomic mass is 35.5. The van der Waals surface area contributed by atoms with Gasteiger partial charge in [-0.2, -0.15) is 5.26 Å². The zero-order valence-electron chi connectivity index (χ0n) is 14.7. The lowest BCUT2D eigenvalue weighted by Gasteiger charge is -2.34. The van der Waals surface area contributed by atoms with Crippen LogP contribution in [0.5, 0.6) is 0 Å². The number of piperidine rings is 1. The monoisotopic (exact) mass is 422 g/mol. The quantitative estimate of drug-likeness (QED) is 0.495. The molecule has 2 nitrogen and oxygen atoms in total. The third-order valence-corrected chi connectivity index (χ3v) is 6.90. The fourth-order valence-corrected chi connectivity index (χ4v) is 6.35. The molecule has 0 aromatic heterocycles. The maximum absolute atomic E-state index is 9.29. The highest BCUT2D eigenvalue weighted by Crippen LogP contribution is 2.40. The average molecular weight is 423 g/mol. The van der Waals surface area contributed by atoms with Gasteiger partial charge in [-0.1, -0.05) is 48.8 Å². The first-order valence-corrected chi connectivity index (χ1v) is 10.9. The number of halogens is 2. The van der Waals surface area contributed by atoms with Gasteiger partial charge in [-0.25, -0.2) is 4.31 Å². The molecule has 2 aromatic rings. The Labute approximate surface area is 174 Å². The molecule has 2 aromatic carbocycles. The summed E-state index contributed by atoms with van der Waals surface area (Å²) in [4.78, 5) is 3.21.